The van der Waals surface area contributed by atoms with Crippen LogP contribution in [0.3, 0.4) is 0 Å². The summed E-state index contributed by atoms with van der Waals surface area (Å²) in [5.41, 5.74) is 7.31. The van der Waals surface area contributed by atoms with Crippen LogP contribution in [0.1, 0.15) is 15.9 Å². The summed E-state index contributed by atoms with van der Waals surface area (Å²) in [5.74, 6) is -0.145. The summed E-state index contributed by atoms with van der Waals surface area (Å²) in [6.07, 6.45) is 3.92. The molecule has 3 aromatic carbocycles. The van der Waals surface area contributed by atoms with Gasteiger partial charge in [0.15, 0.2) is 5.65 Å². The lowest BCUT2D eigenvalue weighted by Gasteiger charge is -2.07. The van der Waals surface area contributed by atoms with Gasteiger partial charge in [-0.2, -0.15) is 0 Å². The highest BCUT2D eigenvalue weighted by molar-refractivity contribution is 6.06. The molecule has 0 bridgehead atoms. The SMILES string of the molecule is Cc1cccc(C(=O)Nc2cccn3cc(-c4ccc(-c5ccccc5)cc4)nc23)c1. The molecule has 2 heterocycles. The van der Waals surface area contributed by atoms with E-state index in [1.165, 1.54) is 11.1 Å². The van der Waals surface area contributed by atoms with Gasteiger partial charge in [0.2, 0.25) is 0 Å². The number of hydrogen-bond acceptors (Lipinski definition) is 2. The molecule has 0 saturated heterocycles. The van der Waals surface area contributed by atoms with E-state index in [9.17, 15) is 4.79 Å². The molecule has 0 atom stereocenters. The van der Waals surface area contributed by atoms with E-state index in [1.807, 2.05) is 78.3 Å². The van der Waals surface area contributed by atoms with E-state index in [0.717, 1.165) is 16.8 Å². The number of carbonyl (C=O) groups is 1. The Balaban J connectivity index is 1.45. The third kappa shape index (κ3) is 3.83. The highest BCUT2D eigenvalue weighted by Gasteiger charge is 2.12. The molecule has 1 N–H and O–H groups in total. The molecule has 4 heteroatoms. The predicted molar refractivity (Wildman–Crippen MR) is 125 cm³/mol. The molecule has 0 aliphatic carbocycles. The second-order valence-electron chi connectivity index (χ2n) is 7.55. The van der Waals surface area contributed by atoms with Gasteiger partial charge in [-0.1, -0.05) is 72.3 Å². The van der Waals surface area contributed by atoms with Crippen LogP contribution in [0.5, 0.6) is 0 Å². The van der Waals surface area contributed by atoms with Crippen molar-refractivity contribution in [1.82, 2.24) is 9.38 Å². The van der Waals surface area contributed by atoms with Crippen LogP contribution in [-0.2, 0) is 0 Å². The summed E-state index contributed by atoms with van der Waals surface area (Å²) in [5, 5.41) is 3.00. The lowest BCUT2D eigenvalue weighted by Crippen LogP contribution is -2.12. The first-order valence-electron chi connectivity index (χ1n) is 10.2. The maximum Gasteiger partial charge on any atom is 0.255 e. The van der Waals surface area contributed by atoms with E-state index in [4.69, 9.17) is 4.98 Å². The average Bonchev–Trinajstić information content (AvgIpc) is 3.25. The van der Waals surface area contributed by atoms with Crippen molar-refractivity contribution < 1.29 is 4.79 Å². The largest absolute Gasteiger partial charge is 0.319 e. The number of amides is 1. The number of aromatic nitrogens is 2. The number of nitrogens with one attached hydrogen (secondary N) is 1. The Morgan fingerprint density at radius 3 is 2.32 bits per heavy atom. The van der Waals surface area contributed by atoms with Gasteiger partial charge in [0, 0.05) is 23.5 Å². The second-order valence-corrected chi connectivity index (χ2v) is 7.55. The smallest absolute Gasteiger partial charge is 0.255 e. The van der Waals surface area contributed by atoms with Gasteiger partial charge in [-0.05, 0) is 42.3 Å². The number of aryl methyl sites for hydroxylation is 1. The molecular formula is C27H21N3O. The van der Waals surface area contributed by atoms with Crippen molar-refractivity contribution in [2.75, 3.05) is 5.32 Å². The molecule has 1 amide bonds. The van der Waals surface area contributed by atoms with Gasteiger partial charge in [-0.15, -0.1) is 0 Å². The van der Waals surface area contributed by atoms with Crippen molar-refractivity contribution in [3.05, 3.63) is 115 Å². The molecule has 5 rings (SSSR count). The molecule has 0 spiro atoms. The summed E-state index contributed by atoms with van der Waals surface area (Å²) in [7, 11) is 0. The zero-order valence-corrected chi connectivity index (χ0v) is 17.1. The minimum absolute atomic E-state index is 0.145. The van der Waals surface area contributed by atoms with Crippen LogP contribution >= 0.6 is 0 Å². The molecule has 31 heavy (non-hydrogen) atoms. The van der Waals surface area contributed by atoms with Gasteiger partial charge >= 0.3 is 0 Å². The van der Waals surface area contributed by atoms with Crippen molar-refractivity contribution in [1.29, 1.82) is 0 Å². The van der Waals surface area contributed by atoms with Crippen LogP contribution in [-0.4, -0.2) is 15.3 Å². The summed E-state index contributed by atoms with van der Waals surface area (Å²) >= 11 is 0. The van der Waals surface area contributed by atoms with Gasteiger partial charge in [-0.3, -0.25) is 4.79 Å². The first kappa shape index (κ1) is 18.8. The van der Waals surface area contributed by atoms with Crippen LogP contribution in [0.25, 0.3) is 28.0 Å². The maximum atomic E-state index is 12.7. The van der Waals surface area contributed by atoms with E-state index in [2.05, 4.69) is 41.7 Å². The van der Waals surface area contributed by atoms with E-state index < -0.39 is 0 Å². The topological polar surface area (TPSA) is 46.4 Å². The highest BCUT2D eigenvalue weighted by atomic mass is 16.1. The number of hydrogen-bond donors (Lipinski definition) is 1. The van der Waals surface area contributed by atoms with Crippen LogP contribution in [0.15, 0.2) is 103 Å². The summed E-state index contributed by atoms with van der Waals surface area (Å²) in [6.45, 7) is 1.97. The van der Waals surface area contributed by atoms with Gasteiger partial charge in [0.1, 0.15) is 0 Å². The first-order valence-corrected chi connectivity index (χ1v) is 10.2. The van der Waals surface area contributed by atoms with E-state index in [-0.39, 0.29) is 5.91 Å². The average molecular weight is 403 g/mol. The number of carbonyl (C=O) groups excluding carboxylic acids is 1. The van der Waals surface area contributed by atoms with Crippen molar-refractivity contribution in [3.63, 3.8) is 0 Å². The van der Waals surface area contributed by atoms with E-state index >= 15 is 0 Å². The van der Waals surface area contributed by atoms with Crippen LogP contribution in [0.4, 0.5) is 5.69 Å². The number of benzene rings is 3. The van der Waals surface area contributed by atoms with Crippen molar-refractivity contribution in [2.24, 2.45) is 0 Å². The van der Waals surface area contributed by atoms with E-state index in [0.29, 0.717) is 16.9 Å². The minimum atomic E-state index is -0.145. The normalized spacial score (nSPS) is 10.9. The number of fused-ring (bicyclic) bond motifs is 1. The van der Waals surface area contributed by atoms with Crippen LogP contribution in [0.2, 0.25) is 0 Å². The molecule has 0 aliphatic rings. The Bertz CT molecular complexity index is 1370. The lowest BCUT2D eigenvalue weighted by atomic mass is 10.0. The van der Waals surface area contributed by atoms with Crippen molar-refractivity contribution in [2.45, 2.75) is 6.92 Å². The molecule has 0 aliphatic heterocycles. The number of imidazole rings is 1. The predicted octanol–water partition coefficient (Wildman–Crippen LogP) is 6.23. The lowest BCUT2D eigenvalue weighted by molar-refractivity contribution is 0.102. The molecule has 0 radical (unpaired) electrons. The van der Waals surface area contributed by atoms with Gasteiger partial charge < -0.3 is 9.72 Å². The molecule has 0 fully saturated rings. The first-order chi connectivity index (χ1) is 15.2. The van der Waals surface area contributed by atoms with Crippen LogP contribution < -0.4 is 5.32 Å². The highest BCUT2D eigenvalue weighted by Crippen LogP contribution is 2.26. The zero-order valence-electron chi connectivity index (χ0n) is 17.1. The number of pyridine rings is 1. The molecule has 150 valence electrons. The standard InChI is InChI=1S/C27H21N3O/c1-19-7-5-10-23(17-19)27(31)29-24-11-6-16-30-18-25(28-26(24)30)22-14-12-21(13-15-22)20-8-3-2-4-9-20/h2-18H,1H3,(H,29,31). The third-order valence-electron chi connectivity index (χ3n) is 5.30. The quantitative estimate of drug-likeness (QED) is 0.387. The third-order valence-corrected chi connectivity index (χ3v) is 5.30. The molecule has 2 aromatic heterocycles. The Hall–Kier alpha value is -4.18. The Labute approximate surface area is 180 Å². The Morgan fingerprint density at radius 2 is 1.55 bits per heavy atom. The van der Waals surface area contributed by atoms with Crippen molar-refractivity contribution >= 4 is 17.2 Å². The molecule has 4 nitrogen and oxygen atoms in total. The van der Waals surface area contributed by atoms with Gasteiger partial charge in [0.25, 0.3) is 5.91 Å². The Morgan fingerprint density at radius 1 is 0.806 bits per heavy atom. The molecular weight excluding hydrogens is 382 g/mol. The maximum absolute atomic E-state index is 12.7. The molecule has 5 aromatic rings. The fourth-order valence-electron chi connectivity index (χ4n) is 3.69. The second kappa shape index (κ2) is 7.92. The summed E-state index contributed by atoms with van der Waals surface area (Å²) in [4.78, 5) is 17.5. The van der Waals surface area contributed by atoms with Crippen molar-refractivity contribution in [3.8, 4) is 22.4 Å². The fourth-order valence-corrected chi connectivity index (χ4v) is 3.69. The fraction of sp³-hybridized carbons (Fsp3) is 0.0370. The minimum Gasteiger partial charge on any atom is -0.319 e. The van der Waals surface area contributed by atoms with E-state index in [1.54, 1.807) is 0 Å². The number of rotatable bonds is 4. The zero-order chi connectivity index (χ0) is 21.2. The molecule has 0 unspecified atom stereocenters. The summed E-state index contributed by atoms with van der Waals surface area (Å²) < 4.78 is 1.94. The molecule has 0 saturated carbocycles. The van der Waals surface area contributed by atoms with Crippen LogP contribution in [0, 0.1) is 6.92 Å². The number of nitrogens with zero attached hydrogens (tertiary/aromatic N) is 2. The van der Waals surface area contributed by atoms with Gasteiger partial charge in [-0.25, -0.2) is 4.98 Å². The monoisotopic (exact) mass is 403 g/mol. The summed E-state index contributed by atoms with van der Waals surface area (Å²) in [6, 6.07) is 30.0. The van der Waals surface area contributed by atoms with Gasteiger partial charge in [0.05, 0.1) is 11.4 Å². The number of anilines is 1. The Kier molecular flexibility index (Phi) is 4.81.